The molecule has 0 radical (unpaired) electrons. The van der Waals surface area contributed by atoms with Crippen molar-refractivity contribution in [2.75, 3.05) is 33.8 Å². The van der Waals surface area contributed by atoms with Crippen LogP contribution in [0.3, 0.4) is 0 Å². The molecule has 1 aromatic carbocycles. The first-order valence-electron chi connectivity index (χ1n) is 7.12. The summed E-state index contributed by atoms with van der Waals surface area (Å²) in [4.78, 5) is 2.39. The van der Waals surface area contributed by atoms with Gasteiger partial charge in [0.25, 0.3) is 0 Å². The average Bonchev–Trinajstić information content (AvgIpc) is 2.37. The summed E-state index contributed by atoms with van der Waals surface area (Å²) < 4.78 is 5.31. The van der Waals surface area contributed by atoms with E-state index < -0.39 is 0 Å². The van der Waals surface area contributed by atoms with Gasteiger partial charge in [0.2, 0.25) is 0 Å². The Kier molecular flexibility index (Phi) is 6.89. The summed E-state index contributed by atoms with van der Waals surface area (Å²) in [6.07, 6.45) is 0. The first kappa shape index (κ1) is 16.0. The van der Waals surface area contributed by atoms with Crippen LogP contribution in [0.5, 0.6) is 5.75 Å². The summed E-state index contributed by atoms with van der Waals surface area (Å²) in [5, 5.41) is 3.56. The fraction of sp³-hybridized carbons (Fsp3) is 0.625. The van der Waals surface area contributed by atoms with Gasteiger partial charge < -0.3 is 15.0 Å². The Bertz CT molecular complexity index is 366. The number of likely N-dealkylation sites (N-methyl/N-ethyl adjacent to an activating group) is 2. The SMILES string of the molecule is CCNC(CN(C)CC(C)C)c1cccc(OC)c1. The van der Waals surface area contributed by atoms with Crippen molar-refractivity contribution >= 4 is 0 Å². The van der Waals surface area contributed by atoms with E-state index in [-0.39, 0.29) is 0 Å². The Morgan fingerprint density at radius 3 is 2.58 bits per heavy atom. The van der Waals surface area contributed by atoms with E-state index in [9.17, 15) is 0 Å². The molecule has 1 unspecified atom stereocenters. The number of nitrogens with zero attached hydrogens (tertiary/aromatic N) is 1. The zero-order chi connectivity index (χ0) is 14.3. The van der Waals surface area contributed by atoms with Gasteiger partial charge in [-0.05, 0) is 37.2 Å². The first-order chi connectivity index (χ1) is 9.06. The van der Waals surface area contributed by atoms with Gasteiger partial charge >= 0.3 is 0 Å². The fourth-order valence-electron chi connectivity index (χ4n) is 2.40. The zero-order valence-electron chi connectivity index (χ0n) is 12.9. The van der Waals surface area contributed by atoms with Crippen molar-refractivity contribution in [1.82, 2.24) is 10.2 Å². The highest BCUT2D eigenvalue weighted by Gasteiger charge is 2.14. The molecule has 0 saturated carbocycles. The van der Waals surface area contributed by atoms with Crippen LogP contribution in [0.15, 0.2) is 24.3 Å². The number of methoxy groups -OCH3 is 1. The van der Waals surface area contributed by atoms with Crippen LogP contribution in [0, 0.1) is 5.92 Å². The molecule has 1 N–H and O–H groups in total. The Morgan fingerprint density at radius 2 is 2.00 bits per heavy atom. The summed E-state index contributed by atoms with van der Waals surface area (Å²) in [7, 11) is 3.90. The lowest BCUT2D eigenvalue weighted by Gasteiger charge is -2.26. The molecule has 1 rings (SSSR count). The Balaban J connectivity index is 2.75. The van der Waals surface area contributed by atoms with Crippen LogP contribution in [0.2, 0.25) is 0 Å². The van der Waals surface area contributed by atoms with Crippen molar-refractivity contribution < 1.29 is 4.74 Å². The third kappa shape index (κ3) is 5.62. The van der Waals surface area contributed by atoms with Gasteiger partial charge in [-0.3, -0.25) is 0 Å². The second-order valence-corrected chi connectivity index (χ2v) is 5.50. The number of hydrogen-bond donors (Lipinski definition) is 1. The minimum absolute atomic E-state index is 0.351. The van der Waals surface area contributed by atoms with Gasteiger partial charge in [-0.2, -0.15) is 0 Å². The molecule has 108 valence electrons. The van der Waals surface area contributed by atoms with Gasteiger partial charge in [-0.1, -0.05) is 32.9 Å². The zero-order valence-corrected chi connectivity index (χ0v) is 12.9. The lowest BCUT2D eigenvalue weighted by molar-refractivity contribution is 0.263. The summed E-state index contributed by atoms with van der Waals surface area (Å²) in [5.41, 5.74) is 1.29. The summed E-state index contributed by atoms with van der Waals surface area (Å²) in [5.74, 6) is 1.62. The van der Waals surface area contributed by atoms with Crippen molar-refractivity contribution in [3.05, 3.63) is 29.8 Å². The third-order valence-electron chi connectivity index (χ3n) is 3.12. The molecule has 0 aromatic heterocycles. The molecule has 3 heteroatoms. The number of hydrogen-bond acceptors (Lipinski definition) is 3. The molecule has 0 aliphatic carbocycles. The quantitative estimate of drug-likeness (QED) is 0.781. The van der Waals surface area contributed by atoms with Crippen LogP contribution in [-0.2, 0) is 0 Å². The van der Waals surface area contributed by atoms with Crippen LogP contribution in [0.25, 0.3) is 0 Å². The molecule has 0 saturated heterocycles. The second kappa shape index (κ2) is 8.18. The molecule has 1 atom stereocenters. The van der Waals surface area contributed by atoms with E-state index in [0.29, 0.717) is 12.0 Å². The Labute approximate surface area is 118 Å². The number of benzene rings is 1. The van der Waals surface area contributed by atoms with Gasteiger partial charge in [-0.15, -0.1) is 0 Å². The van der Waals surface area contributed by atoms with Gasteiger partial charge in [0.05, 0.1) is 7.11 Å². The Hall–Kier alpha value is -1.06. The monoisotopic (exact) mass is 264 g/mol. The summed E-state index contributed by atoms with van der Waals surface area (Å²) in [6.45, 7) is 9.76. The molecule has 1 aromatic rings. The second-order valence-electron chi connectivity index (χ2n) is 5.50. The van der Waals surface area contributed by atoms with Crippen molar-refractivity contribution in [3.8, 4) is 5.75 Å². The first-order valence-corrected chi connectivity index (χ1v) is 7.12. The number of rotatable bonds is 8. The topological polar surface area (TPSA) is 24.5 Å². The predicted molar refractivity (Wildman–Crippen MR) is 81.7 cm³/mol. The van der Waals surface area contributed by atoms with Gasteiger partial charge in [-0.25, -0.2) is 0 Å². The minimum atomic E-state index is 0.351. The highest BCUT2D eigenvalue weighted by atomic mass is 16.5. The van der Waals surface area contributed by atoms with Crippen LogP contribution < -0.4 is 10.1 Å². The molecule has 19 heavy (non-hydrogen) atoms. The predicted octanol–water partition coefficient (Wildman–Crippen LogP) is 2.93. The fourth-order valence-corrected chi connectivity index (χ4v) is 2.40. The molecule has 0 spiro atoms. The molecule has 0 aliphatic rings. The molecule has 0 fully saturated rings. The highest BCUT2D eigenvalue weighted by Crippen LogP contribution is 2.20. The van der Waals surface area contributed by atoms with E-state index in [1.54, 1.807) is 7.11 Å². The van der Waals surface area contributed by atoms with Crippen LogP contribution in [-0.4, -0.2) is 38.7 Å². The maximum Gasteiger partial charge on any atom is 0.119 e. The smallest absolute Gasteiger partial charge is 0.119 e. The van der Waals surface area contributed by atoms with Crippen molar-refractivity contribution in [1.29, 1.82) is 0 Å². The molecule has 0 bridgehead atoms. The normalized spacial score (nSPS) is 13.0. The lowest BCUT2D eigenvalue weighted by Crippen LogP contribution is -2.34. The maximum absolute atomic E-state index is 5.31. The van der Waals surface area contributed by atoms with E-state index in [2.05, 4.69) is 56.2 Å². The molecule has 3 nitrogen and oxygen atoms in total. The Morgan fingerprint density at radius 1 is 1.26 bits per heavy atom. The van der Waals surface area contributed by atoms with E-state index in [1.165, 1.54) is 5.56 Å². The molecule has 0 heterocycles. The molecular formula is C16H28N2O. The van der Waals surface area contributed by atoms with E-state index in [1.807, 2.05) is 6.07 Å². The van der Waals surface area contributed by atoms with Gasteiger partial charge in [0.1, 0.15) is 5.75 Å². The largest absolute Gasteiger partial charge is 0.497 e. The van der Waals surface area contributed by atoms with E-state index in [4.69, 9.17) is 4.74 Å². The van der Waals surface area contributed by atoms with Crippen molar-refractivity contribution in [2.45, 2.75) is 26.8 Å². The summed E-state index contributed by atoms with van der Waals surface area (Å²) in [6, 6.07) is 8.69. The molecule has 0 amide bonds. The number of nitrogens with one attached hydrogen (secondary N) is 1. The van der Waals surface area contributed by atoms with Crippen LogP contribution in [0.4, 0.5) is 0 Å². The molecule has 0 aliphatic heterocycles. The van der Waals surface area contributed by atoms with Crippen LogP contribution >= 0.6 is 0 Å². The summed E-state index contributed by atoms with van der Waals surface area (Å²) >= 11 is 0. The third-order valence-corrected chi connectivity index (χ3v) is 3.12. The minimum Gasteiger partial charge on any atom is -0.497 e. The van der Waals surface area contributed by atoms with Crippen molar-refractivity contribution in [3.63, 3.8) is 0 Å². The highest BCUT2D eigenvalue weighted by molar-refractivity contribution is 5.30. The average molecular weight is 264 g/mol. The number of ether oxygens (including phenoxy) is 1. The van der Waals surface area contributed by atoms with Crippen LogP contribution in [0.1, 0.15) is 32.4 Å². The van der Waals surface area contributed by atoms with E-state index >= 15 is 0 Å². The van der Waals surface area contributed by atoms with Crippen molar-refractivity contribution in [2.24, 2.45) is 5.92 Å². The lowest BCUT2D eigenvalue weighted by atomic mass is 10.1. The maximum atomic E-state index is 5.31. The van der Waals surface area contributed by atoms with Gasteiger partial charge in [0, 0.05) is 19.1 Å². The van der Waals surface area contributed by atoms with Gasteiger partial charge in [0.15, 0.2) is 0 Å². The standard InChI is InChI=1S/C16H28N2O/c1-6-17-16(12-18(4)11-13(2)3)14-8-7-9-15(10-14)19-5/h7-10,13,16-17H,6,11-12H2,1-5H3. The molecular weight excluding hydrogens is 236 g/mol. The van der Waals surface area contributed by atoms with E-state index in [0.717, 1.165) is 25.4 Å².